The van der Waals surface area contributed by atoms with Crippen LogP contribution in [0, 0.1) is 0 Å². The summed E-state index contributed by atoms with van der Waals surface area (Å²) >= 11 is 1.67. The molecule has 0 unspecified atom stereocenters. The number of hydrogen-bond donors (Lipinski definition) is 2. The van der Waals surface area contributed by atoms with Crippen molar-refractivity contribution in [3.05, 3.63) is 70.6 Å². The van der Waals surface area contributed by atoms with Gasteiger partial charge < -0.3 is 10.6 Å². The van der Waals surface area contributed by atoms with Gasteiger partial charge in [-0.15, -0.1) is 11.3 Å². The monoisotopic (exact) mass is 352 g/mol. The van der Waals surface area contributed by atoms with Crippen LogP contribution in [-0.4, -0.2) is 18.4 Å². The molecule has 3 rings (SSSR count). The molecule has 0 aliphatic carbocycles. The number of carbonyl (C=O) groups is 2. The van der Waals surface area contributed by atoms with Gasteiger partial charge in [-0.2, -0.15) is 0 Å². The van der Waals surface area contributed by atoms with Crippen LogP contribution >= 0.6 is 11.3 Å². The topological polar surface area (TPSA) is 58.2 Å². The van der Waals surface area contributed by atoms with E-state index in [9.17, 15) is 9.59 Å². The average Bonchev–Trinajstić information content (AvgIpc) is 3.08. The van der Waals surface area contributed by atoms with Gasteiger partial charge in [0, 0.05) is 30.3 Å². The highest BCUT2D eigenvalue weighted by atomic mass is 32.1. The van der Waals surface area contributed by atoms with E-state index in [2.05, 4.69) is 10.6 Å². The zero-order chi connectivity index (χ0) is 17.6. The summed E-state index contributed by atoms with van der Waals surface area (Å²) in [6.45, 7) is 2.64. The molecule has 0 saturated carbocycles. The number of hydrogen-bond acceptors (Lipinski definition) is 3. The Hall–Kier alpha value is -2.66. The molecule has 1 aromatic heterocycles. The minimum absolute atomic E-state index is 0.0348. The predicted octanol–water partition coefficient (Wildman–Crippen LogP) is 3.51. The lowest BCUT2D eigenvalue weighted by molar-refractivity contribution is -0.119. The minimum atomic E-state index is -0.0459. The first-order valence-electron chi connectivity index (χ1n) is 8.19. The van der Waals surface area contributed by atoms with E-state index in [4.69, 9.17) is 0 Å². The summed E-state index contributed by atoms with van der Waals surface area (Å²) in [5, 5.41) is 8.87. The predicted molar refractivity (Wildman–Crippen MR) is 102 cm³/mol. The van der Waals surface area contributed by atoms with Gasteiger partial charge in [0.05, 0.1) is 0 Å². The number of amides is 2. The Morgan fingerprint density at radius 2 is 1.72 bits per heavy atom. The Morgan fingerprint density at radius 1 is 0.960 bits per heavy atom. The lowest BCUT2D eigenvalue weighted by Gasteiger charge is -2.07. The molecule has 2 N–H and O–H groups in total. The fourth-order valence-electron chi connectivity index (χ4n) is 2.58. The maximum Gasteiger partial charge on any atom is 0.251 e. The van der Waals surface area contributed by atoms with Crippen molar-refractivity contribution in [1.82, 2.24) is 10.6 Å². The van der Waals surface area contributed by atoms with Crippen molar-refractivity contribution in [3.63, 3.8) is 0 Å². The summed E-state index contributed by atoms with van der Waals surface area (Å²) in [7, 11) is 0. The number of rotatable bonds is 6. The highest BCUT2D eigenvalue weighted by molar-refractivity contribution is 7.17. The molecular weight excluding hydrogens is 332 g/mol. The third-order valence-corrected chi connectivity index (χ3v) is 4.88. The van der Waals surface area contributed by atoms with Gasteiger partial charge in [-0.05, 0) is 52.6 Å². The first-order chi connectivity index (χ1) is 12.1. The van der Waals surface area contributed by atoms with Crippen LogP contribution in [0.1, 0.15) is 28.4 Å². The van der Waals surface area contributed by atoms with Crippen LogP contribution in [0.2, 0.25) is 0 Å². The van der Waals surface area contributed by atoms with Crippen LogP contribution in [0.5, 0.6) is 0 Å². The van der Waals surface area contributed by atoms with Crippen molar-refractivity contribution in [1.29, 1.82) is 0 Å². The van der Waals surface area contributed by atoms with E-state index >= 15 is 0 Å². The quantitative estimate of drug-likeness (QED) is 0.713. The second kappa shape index (κ2) is 7.94. The summed E-state index contributed by atoms with van der Waals surface area (Å²) in [6.07, 6.45) is 0.771. The third kappa shape index (κ3) is 4.67. The van der Waals surface area contributed by atoms with Gasteiger partial charge >= 0.3 is 0 Å². The maximum atomic E-state index is 12.3. The zero-order valence-corrected chi connectivity index (χ0v) is 14.9. The molecule has 0 atom stereocenters. The average molecular weight is 352 g/mol. The first-order valence-corrected chi connectivity index (χ1v) is 9.07. The van der Waals surface area contributed by atoms with Crippen LogP contribution < -0.4 is 10.6 Å². The zero-order valence-electron chi connectivity index (χ0n) is 14.0. The van der Waals surface area contributed by atoms with Gasteiger partial charge in [0.2, 0.25) is 5.91 Å². The smallest absolute Gasteiger partial charge is 0.251 e. The van der Waals surface area contributed by atoms with Gasteiger partial charge in [-0.3, -0.25) is 9.59 Å². The highest BCUT2D eigenvalue weighted by Gasteiger charge is 2.06. The van der Waals surface area contributed by atoms with E-state index in [1.54, 1.807) is 11.3 Å². The molecule has 4 nitrogen and oxygen atoms in total. The van der Waals surface area contributed by atoms with E-state index in [-0.39, 0.29) is 11.8 Å². The van der Waals surface area contributed by atoms with Crippen molar-refractivity contribution in [2.24, 2.45) is 0 Å². The third-order valence-electron chi connectivity index (χ3n) is 3.98. The van der Waals surface area contributed by atoms with Crippen molar-refractivity contribution >= 4 is 33.2 Å². The van der Waals surface area contributed by atoms with Gasteiger partial charge in [0.25, 0.3) is 5.91 Å². The van der Waals surface area contributed by atoms with E-state index in [1.165, 1.54) is 11.6 Å². The molecule has 0 aliphatic rings. The van der Waals surface area contributed by atoms with E-state index in [0.29, 0.717) is 18.7 Å². The summed E-state index contributed by atoms with van der Waals surface area (Å²) in [5.41, 5.74) is 2.91. The van der Waals surface area contributed by atoms with Crippen LogP contribution in [0.15, 0.2) is 53.9 Å². The van der Waals surface area contributed by atoms with E-state index < -0.39 is 0 Å². The Morgan fingerprint density at radius 3 is 2.48 bits per heavy atom. The summed E-state index contributed by atoms with van der Waals surface area (Å²) < 4.78 is 1.19. The van der Waals surface area contributed by atoms with Gasteiger partial charge in [-0.1, -0.05) is 24.3 Å². The van der Waals surface area contributed by atoms with Crippen LogP contribution in [0.25, 0.3) is 10.1 Å². The minimum Gasteiger partial charge on any atom is -0.352 e. The number of benzene rings is 2. The Balaban J connectivity index is 1.50. The Bertz CT molecular complexity index is 884. The molecule has 0 radical (unpaired) electrons. The molecule has 0 spiro atoms. The standard InChI is InChI=1S/C20H20N2O2S/c1-14(23)22-13-16-4-2-15(3-5-16)8-10-21-20(24)18-6-7-19-17(12-18)9-11-25-19/h2-7,9,11-12H,8,10,13H2,1H3,(H,21,24)(H,22,23). The summed E-state index contributed by atoms with van der Waals surface area (Å²) in [5.74, 6) is -0.0807. The first kappa shape index (κ1) is 17.2. The fraction of sp³-hybridized carbons (Fsp3) is 0.200. The highest BCUT2D eigenvalue weighted by Crippen LogP contribution is 2.21. The SMILES string of the molecule is CC(=O)NCc1ccc(CCNC(=O)c2ccc3sccc3c2)cc1. The summed E-state index contributed by atoms with van der Waals surface area (Å²) in [4.78, 5) is 23.2. The number of carbonyl (C=O) groups excluding carboxylic acids is 2. The second-order valence-corrected chi connectivity index (χ2v) is 6.85. The Labute approximate surface area is 150 Å². The lowest BCUT2D eigenvalue weighted by Crippen LogP contribution is -2.25. The van der Waals surface area contributed by atoms with E-state index in [1.807, 2.05) is 53.9 Å². The number of fused-ring (bicyclic) bond motifs is 1. The molecule has 0 fully saturated rings. The van der Waals surface area contributed by atoms with Gasteiger partial charge in [0.1, 0.15) is 0 Å². The van der Waals surface area contributed by atoms with Crippen molar-refractivity contribution < 1.29 is 9.59 Å². The lowest BCUT2D eigenvalue weighted by atomic mass is 10.1. The Kier molecular flexibility index (Phi) is 5.46. The second-order valence-electron chi connectivity index (χ2n) is 5.91. The molecule has 1 heterocycles. The molecule has 128 valence electrons. The molecule has 0 bridgehead atoms. The molecular formula is C20H20N2O2S. The molecule has 2 amide bonds. The maximum absolute atomic E-state index is 12.3. The van der Waals surface area contributed by atoms with Gasteiger partial charge in [-0.25, -0.2) is 0 Å². The van der Waals surface area contributed by atoms with Crippen molar-refractivity contribution in [3.8, 4) is 0 Å². The van der Waals surface area contributed by atoms with Crippen LogP contribution in [0.3, 0.4) is 0 Å². The number of nitrogens with one attached hydrogen (secondary N) is 2. The molecule has 25 heavy (non-hydrogen) atoms. The number of thiophene rings is 1. The van der Waals surface area contributed by atoms with Crippen LogP contribution in [-0.2, 0) is 17.8 Å². The molecule has 2 aromatic carbocycles. The largest absolute Gasteiger partial charge is 0.352 e. The molecule has 5 heteroatoms. The van der Waals surface area contributed by atoms with Crippen molar-refractivity contribution in [2.45, 2.75) is 19.9 Å². The molecule has 0 saturated heterocycles. The van der Waals surface area contributed by atoms with Crippen molar-refractivity contribution in [2.75, 3.05) is 6.54 Å². The summed E-state index contributed by atoms with van der Waals surface area (Å²) in [6, 6.07) is 15.9. The molecule has 3 aromatic rings. The molecule has 0 aliphatic heterocycles. The fourth-order valence-corrected chi connectivity index (χ4v) is 3.35. The van der Waals surface area contributed by atoms with E-state index in [0.717, 1.165) is 22.9 Å². The van der Waals surface area contributed by atoms with Crippen LogP contribution in [0.4, 0.5) is 0 Å². The van der Waals surface area contributed by atoms with Gasteiger partial charge in [0.15, 0.2) is 0 Å². The normalized spacial score (nSPS) is 10.6.